The summed E-state index contributed by atoms with van der Waals surface area (Å²) in [6.07, 6.45) is 4.05. The highest BCUT2D eigenvalue weighted by Gasteiger charge is 2.14. The fourth-order valence-corrected chi connectivity index (χ4v) is 1.66. The van der Waals surface area contributed by atoms with Crippen LogP contribution in [-0.2, 0) is 4.79 Å². The minimum atomic E-state index is -0.178. The molecule has 0 amide bonds. The number of hydrogen-bond donors (Lipinski definition) is 0. The lowest BCUT2D eigenvalue weighted by molar-refractivity contribution is -0.121. The number of rotatable bonds is 0. The minimum absolute atomic E-state index is 0.178. The van der Waals surface area contributed by atoms with Crippen LogP contribution in [-0.4, -0.2) is 5.78 Å². The van der Waals surface area contributed by atoms with E-state index >= 15 is 0 Å². The maximum atomic E-state index is 11.9. The third-order valence-electron chi connectivity index (χ3n) is 2.46. The van der Waals surface area contributed by atoms with E-state index in [1.807, 2.05) is 0 Å². The zero-order valence-electron chi connectivity index (χ0n) is 9.08. The van der Waals surface area contributed by atoms with Crippen LogP contribution in [0, 0.1) is 11.7 Å². The van der Waals surface area contributed by atoms with Crippen molar-refractivity contribution in [3.8, 4) is 0 Å². The molecule has 1 saturated carbocycles. The van der Waals surface area contributed by atoms with Gasteiger partial charge >= 0.3 is 0 Å². The van der Waals surface area contributed by atoms with E-state index in [0.29, 0.717) is 11.7 Å². The Hall–Kier alpha value is -1.18. The Labute approximate surface area is 90.3 Å². The van der Waals surface area contributed by atoms with Crippen LogP contribution in [0.1, 0.15) is 32.6 Å². The van der Waals surface area contributed by atoms with Crippen LogP contribution >= 0.6 is 0 Å². The van der Waals surface area contributed by atoms with Gasteiger partial charge < -0.3 is 0 Å². The Balaban J connectivity index is 0.000000151. The smallest absolute Gasteiger partial charge is 0.133 e. The van der Waals surface area contributed by atoms with Gasteiger partial charge in [-0.05, 0) is 30.9 Å². The molecule has 0 bridgehead atoms. The van der Waals surface area contributed by atoms with Gasteiger partial charge in [0.05, 0.1) is 0 Å². The first kappa shape index (κ1) is 11.9. The maximum absolute atomic E-state index is 11.9. The molecular weight excluding hydrogens is 191 g/mol. The summed E-state index contributed by atoms with van der Waals surface area (Å²) in [5.74, 6) is 0.947. The molecule has 1 aromatic rings. The normalized spacial score (nSPS) is 20.4. The van der Waals surface area contributed by atoms with Crippen LogP contribution in [0.2, 0.25) is 0 Å². The van der Waals surface area contributed by atoms with E-state index in [-0.39, 0.29) is 5.82 Å². The molecular formula is C13H17FO. The molecule has 1 nitrogen and oxygen atoms in total. The van der Waals surface area contributed by atoms with Crippen LogP contribution in [0.4, 0.5) is 4.39 Å². The molecule has 1 atom stereocenters. The Kier molecular flexibility index (Phi) is 5.02. The van der Waals surface area contributed by atoms with Crippen molar-refractivity contribution >= 4 is 5.78 Å². The van der Waals surface area contributed by atoms with Crippen molar-refractivity contribution in [3.05, 3.63) is 36.1 Å². The first-order valence-corrected chi connectivity index (χ1v) is 5.40. The van der Waals surface area contributed by atoms with Crippen LogP contribution < -0.4 is 0 Å². The average Bonchev–Trinajstić information content (AvgIpc) is 2.19. The van der Waals surface area contributed by atoms with Gasteiger partial charge in [-0.25, -0.2) is 4.39 Å². The fourth-order valence-electron chi connectivity index (χ4n) is 1.66. The van der Waals surface area contributed by atoms with Gasteiger partial charge in [0.25, 0.3) is 0 Å². The third kappa shape index (κ3) is 5.31. The zero-order chi connectivity index (χ0) is 11.1. The van der Waals surface area contributed by atoms with Crippen molar-refractivity contribution in [2.75, 3.05) is 0 Å². The highest BCUT2D eigenvalue weighted by Crippen LogP contribution is 2.19. The number of carbonyl (C=O) groups is 1. The summed E-state index contributed by atoms with van der Waals surface area (Å²) in [5.41, 5.74) is 0. The summed E-state index contributed by atoms with van der Waals surface area (Å²) in [6.45, 7) is 2.15. The molecule has 0 saturated heterocycles. The average molecular weight is 208 g/mol. The quantitative estimate of drug-likeness (QED) is 0.636. The molecule has 2 heteroatoms. The predicted molar refractivity (Wildman–Crippen MR) is 59.0 cm³/mol. The van der Waals surface area contributed by atoms with E-state index in [9.17, 15) is 9.18 Å². The second-order valence-corrected chi connectivity index (χ2v) is 4.04. The van der Waals surface area contributed by atoms with Crippen molar-refractivity contribution in [3.63, 3.8) is 0 Å². The maximum Gasteiger partial charge on any atom is 0.133 e. The van der Waals surface area contributed by atoms with Gasteiger partial charge in [0, 0.05) is 12.8 Å². The summed E-state index contributed by atoms with van der Waals surface area (Å²) < 4.78 is 11.9. The second kappa shape index (κ2) is 6.33. The zero-order valence-corrected chi connectivity index (χ0v) is 9.08. The highest BCUT2D eigenvalue weighted by molar-refractivity contribution is 5.79. The monoisotopic (exact) mass is 208 g/mol. The molecule has 1 unspecified atom stereocenters. The van der Waals surface area contributed by atoms with E-state index in [1.54, 1.807) is 18.2 Å². The molecule has 2 rings (SSSR count). The second-order valence-electron chi connectivity index (χ2n) is 4.04. The van der Waals surface area contributed by atoms with E-state index in [0.717, 1.165) is 19.3 Å². The lowest BCUT2D eigenvalue weighted by Crippen LogP contribution is -2.11. The topological polar surface area (TPSA) is 17.1 Å². The number of ketones is 1. The Bertz CT molecular complexity index is 295. The van der Waals surface area contributed by atoms with Gasteiger partial charge in [0.1, 0.15) is 11.6 Å². The predicted octanol–water partition coefficient (Wildman–Crippen LogP) is 3.59. The molecule has 15 heavy (non-hydrogen) atoms. The van der Waals surface area contributed by atoms with Crippen molar-refractivity contribution in [1.29, 1.82) is 0 Å². The van der Waals surface area contributed by atoms with Gasteiger partial charge in [0.15, 0.2) is 0 Å². The van der Waals surface area contributed by atoms with Crippen LogP contribution in [0.3, 0.4) is 0 Å². The first-order valence-electron chi connectivity index (χ1n) is 5.40. The number of benzene rings is 1. The molecule has 82 valence electrons. The molecule has 0 aromatic heterocycles. The van der Waals surface area contributed by atoms with Crippen molar-refractivity contribution in [2.45, 2.75) is 32.6 Å². The largest absolute Gasteiger partial charge is 0.300 e. The fraction of sp³-hybridized carbons (Fsp3) is 0.462. The highest BCUT2D eigenvalue weighted by atomic mass is 19.1. The number of hydrogen-bond acceptors (Lipinski definition) is 1. The Morgan fingerprint density at radius 2 is 1.93 bits per heavy atom. The first-order chi connectivity index (χ1) is 7.18. The van der Waals surface area contributed by atoms with E-state index in [2.05, 4.69) is 6.92 Å². The summed E-state index contributed by atoms with van der Waals surface area (Å²) in [5, 5.41) is 0. The Morgan fingerprint density at radius 1 is 1.27 bits per heavy atom. The van der Waals surface area contributed by atoms with Crippen molar-refractivity contribution < 1.29 is 9.18 Å². The number of carbonyl (C=O) groups excluding carboxylic acids is 1. The lowest BCUT2D eigenvalue weighted by Gasteiger charge is -2.14. The molecule has 0 heterocycles. The van der Waals surface area contributed by atoms with Crippen LogP contribution in [0.5, 0.6) is 0 Å². The summed E-state index contributed by atoms with van der Waals surface area (Å²) in [4.78, 5) is 10.7. The number of Topliss-reactive ketones (excluding diaryl/α,β-unsaturated/α-hetero) is 1. The van der Waals surface area contributed by atoms with Crippen LogP contribution in [0.25, 0.3) is 0 Å². The molecule has 0 radical (unpaired) electrons. The standard InChI is InChI=1S/C7H12O.C6H5F/c1-6-3-2-4-7(8)5-6;7-6-4-2-1-3-5-6/h6H,2-5H2,1H3;1-5H. The van der Waals surface area contributed by atoms with Gasteiger partial charge in [-0.3, -0.25) is 4.79 Å². The van der Waals surface area contributed by atoms with E-state index in [4.69, 9.17) is 0 Å². The minimum Gasteiger partial charge on any atom is -0.300 e. The molecule has 1 aliphatic carbocycles. The van der Waals surface area contributed by atoms with E-state index in [1.165, 1.54) is 18.6 Å². The van der Waals surface area contributed by atoms with Crippen LogP contribution in [0.15, 0.2) is 30.3 Å². The molecule has 1 aromatic carbocycles. The van der Waals surface area contributed by atoms with Gasteiger partial charge in [0.2, 0.25) is 0 Å². The molecule has 1 aliphatic rings. The van der Waals surface area contributed by atoms with Gasteiger partial charge in [-0.2, -0.15) is 0 Å². The lowest BCUT2D eigenvalue weighted by atomic mass is 9.90. The molecule has 0 spiro atoms. The summed E-state index contributed by atoms with van der Waals surface area (Å²) in [7, 11) is 0. The van der Waals surface area contributed by atoms with Crippen molar-refractivity contribution in [1.82, 2.24) is 0 Å². The Morgan fingerprint density at radius 3 is 2.27 bits per heavy atom. The van der Waals surface area contributed by atoms with Gasteiger partial charge in [-0.15, -0.1) is 0 Å². The van der Waals surface area contributed by atoms with Crippen molar-refractivity contribution in [2.24, 2.45) is 5.92 Å². The van der Waals surface area contributed by atoms with E-state index < -0.39 is 0 Å². The molecule has 1 fully saturated rings. The summed E-state index contributed by atoms with van der Waals surface area (Å²) >= 11 is 0. The molecule has 0 aliphatic heterocycles. The summed E-state index contributed by atoms with van der Waals surface area (Å²) in [6, 6.07) is 7.94. The molecule has 0 N–H and O–H groups in total. The number of halogens is 1. The third-order valence-corrected chi connectivity index (χ3v) is 2.46. The van der Waals surface area contributed by atoms with Gasteiger partial charge in [-0.1, -0.05) is 25.1 Å². The SMILES string of the molecule is CC1CCCC(=O)C1.Fc1ccccc1.